The summed E-state index contributed by atoms with van der Waals surface area (Å²) in [5.74, 6) is -1.48. The molecule has 1 amide bonds. The first-order chi connectivity index (χ1) is 10.9. The number of aliphatic hydroxyl groups excluding tert-OH is 1. The van der Waals surface area contributed by atoms with Gasteiger partial charge in [0, 0.05) is 23.7 Å². The molecule has 0 aromatic heterocycles. The quantitative estimate of drug-likeness (QED) is 0.563. The van der Waals surface area contributed by atoms with Crippen LogP contribution < -0.4 is 0 Å². The number of carbonyl (C=O) groups excluding carboxylic acids is 1. The molecule has 0 aromatic carbocycles. The molecule has 2 N–H and O–H groups in total. The standard InChI is InChI=1S/C14H18N2O4S3/c1-7(17)9-11(18)16-10(13(19)20)8(23-12(9)16)6-22-14(21)15-4-2-3-5-15/h7,9,12,17H,2-6H2,1H3,(H,19,20)/t7-,9+,12-/m1/s1. The number of carboxylic acids is 1. The molecule has 6 nitrogen and oxygen atoms in total. The van der Waals surface area contributed by atoms with Gasteiger partial charge in [0.05, 0.1) is 12.0 Å². The maximum Gasteiger partial charge on any atom is 0.353 e. The molecule has 126 valence electrons. The number of nitrogens with zero attached hydrogens (tertiary/aromatic N) is 2. The van der Waals surface area contributed by atoms with Crippen molar-refractivity contribution in [3.63, 3.8) is 0 Å². The average Bonchev–Trinajstić information content (AvgIpc) is 3.10. The van der Waals surface area contributed by atoms with Crippen molar-refractivity contribution in [3.8, 4) is 0 Å². The van der Waals surface area contributed by atoms with Crippen LogP contribution in [0.3, 0.4) is 0 Å². The molecule has 0 aliphatic carbocycles. The minimum atomic E-state index is -1.10. The van der Waals surface area contributed by atoms with Crippen molar-refractivity contribution in [3.05, 3.63) is 10.6 Å². The number of aliphatic hydroxyl groups is 1. The summed E-state index contributed by atoms with van der Waals surface area (Å²) >= 11 is 8.22. The number of thioether (sulfide) groups is 2. The summed E-state index contributed by atoms with van der Waals surface area (Å²) in [6, 6.07) is 0. The Bertz CT molecular complexity index is 587. The van der Waals surface area contributed by atoms with E-state index in [9.17, 15) is 19.8 Å². The summed E-state index contributed by atoms with van der Waals surface area (Å²) in [6.07, 6.45) is 1.50. The number of fused-ring (bicyclic) bond motifs is 1. The van der Waals surface area contributed by atoms with Crippen LogP contribution >= 0.6 is 35.7 Å². The van der Waals surface area contributed by atoms with E-state index in [1.54, 1.807) is 6.92 Å². The van der Waals surface area contributed by atoms with Gasteiger partial charge in [0.25, 0.3) is 0 Å². The van der Waals surface area contributed by atoms with Gasteiger partial charge in [-0.3, -0.25) is 9.69 Å². The van der Waals surface area contributed by atoms with E-state index in [-0.39, 0.29) is 17.0 Å². The highest BCUT2D eigenvalue weighted by Crippen LogP contribution is 2.51. The smallest absolute Gasteiger partial charge is 0.353 e. The van der Waals surface area contributed by atoms with E-state index < -0.39 is 18.0 Å². The number of carbonyl (C=O) groups is 2. The van der Waals surface area contributed by atoms with Crippen LogP contribution in [-0.2, 0) is 9.59 Å². The molecule has 23 heavy (non-hydrogen) atoms. The van der Waals surface area contributed by atoms with E-state index in [2.05, 4.69) is 4.90 Å². The lowest BCUT2D eigenvalue weighted by Gasteiger charge is -2.43. The molecule has 0 spiro atoms. The number of hydrogen-bond donors (Lipinski definition) is 2. The first-order valence-electron chi connectivity index (χ1n) is 7.47. The first-order valence-corrected chi connectivity index (χ1v) is 9.75. The fourth-order valence-corrected chi connectivity index (χ4v) is 6.03. The topological polar surface area (TPSA) is 81.1 Å². The number of β-lactam (4-membered cyclic amide) rings is 1. The van der Waals surface area contributed by atoms with Crippen LogP contribution in [0.5, 0.6) is 0 Å². The third kappa shape index (κ3) is 2.99. The van der Waals surface area contributed by atoms with E-state index in [0.29, 0.717) is 10.7 Å². The molecule has 3 heterocycles. The van der Waals surface area contributed by atoms with Crippen molar-refractivity contribution >= 4 is 51.9 Å². The zero-order chi connectivity index (χ0) is 16.7. The Balaban J connectivity index is 1.69. The average molecular weight is 375 g/mol. The number of rotatable bonds is 4. The molecule has 0 aromatic rings. The monoisotopic (exact) mass is 374 g/mol. The third-order valence-corrected chi connectivity index (χ3v) is 7.37. The van der Waals surface area contributed by atoms with Crippen LogP contribution in [0.1, 0.15) is 19.8 Å². The molecule has 9 heteroatoms. The minimum absolute atomic E-state index is 0.0543. The number of carboxylic acid groups (broad SMARTS) is 1. The zero-order valence-corrected chi connectivity index (χ0v) is 15.0. The molecular formula is C14H18N2O4S3. The molecule has 3 atom stereocenters. The molecule has 3 aliphatic heterocycles. The lowest BCUT2D eigenvalue weighted by Crippen LogP contribution is -2.60. The molecule has 3 rings (SSSR count). The van der Waals surface area contributed by atoms with Gasteiger partial charge in [-0.15, -0.1) is 11.8 Å². The minimum Gasteiger partial charge on any atom is -0.477 e. The maximum atomic E-state index is 12.1. The molecular weight excluding hydrogens is 356 g/mol. The van der Waals surface area contributed by atoms with E-state index in [1.165, 1.54) is 28.4 Å². The molecule has 0 bridgehead atoms. The molecule has 0 radical (unpaired) electrons. The molecule has 2 fully saturated rings. The SMILES string of the molecule is C[C@@H](O)[C@H]1C(=O)N2C(C(=O)O)=C(CSC(=S)N3CCCC3)S[C@H]12. The van der Waals surface area contributed by atoms with E-state index in [0.717, 1.165) is 30.3 Å². The van der Waals surface area contributed by atoms with Gasteiger partial charge in [0.15, 0.2) is 0 Å². The van der Waals surface area contributed by atoms with Crippen molar-refractivity contribution in [2.75, 3.05) is 18.8 Å². The Morgan fingerprint density at radius 1 is 1.48 bits per heavy atom. The Hall–Kier alpha value is -0.770. The van der Waals surface area contributed by atoms with Gasteiger partial charge < -0.3 is 15.1 Å². The van der Waals surface area contributed by atoms with Gasteiger partial charge in [-0.05, 0) is 19.8 Å². The summed E-state index contributed by atoms with van der Waals surface area (Å²) in [6.45, 7) is 3.48. The second-order valence-electron chi connectivity index (χ2n) is 5.81. The van der Waals surface area contributed by atoms with Crippen LogP contribution in [0.15, 0.2) is 10.6 Å². The van der Waals surface area contributed by atoms with Crippen molar-refractivity contribution in [1.82, 2.24) is 9.80 Å². The predicted octanol–water partition coefficient (Wildman–Crippen LogP) is 1.31. The number of thiocarbonyl (C=S) groups is 1. The van der Waals surface area contributed by atoms with Gasteiger partial charge in [-0.25, -0.2) is 4.79 Å². The fourth-order valence-electron chi connectivity index (χ4n) is 3.07. The molecule has 0 unspecified atom stereocenters. The van der Waals surface area contributed by atoms with Crippen molar-refractivity contribution in [2.24, 2.45) is 5.92 Å². The summed E-state index contributed by atoms with van der Waals surface area (Å²) in [5, 5.41) is 18.8. The van der Waals surface area contributed by atoms with Crippen LogP contribution in [-0.4, -0.2) is 66.5 Å². The first kappa shape index (κ1) is 17.1. The Kier molecular flexibility index (Phi) is 4.91. The van der Waals surface area contributed by atoms with Crippen LogP contribution in [0.2, 0.25) is 0 Å². The highest BCUT2D eigenvalue weighted by atomic mass is 32.2. The summed E-state index contributed by atoms with van der Waals surface area (Å²) < 4.78 is 0.785. The van der Waals surface area contributed by atoms with Crippen LogP contribution in [0, 0.1) is 5.92 Å². The highest BCUT2D eigenvalue weighted by molar-refractivity contribution is 8.23. The van der Waals surface area contributed by atoms with Gasteiger partial charge in [0.1, 0.15) is 15.4 Å². The largest absolute Gasteiger partial charge is 0.477 e. The van der Waals surface area contributed by atoms with Gasteiger partial charge in [0.2, 0.25) is 5.91 Å². The Morgan fingerprint density at radius 3 is 2.70 bits per heavy atom. The third-order valence-electron chi connectivity index (χ3n) is 4.27. The van der Waals surface area contributed by atoms with Crippen LogP contribution in [0.25, 0.3) is 0 Å². The second kappa shape index (κ2) is 6.62. The number of likely N-dealkylation sites (tertiary alicyclic amines) is 1. The number of amides is 1. The summed E-state index contributed by atoms with van der Waals surface area (Å²) in [7, 11) is 0. The summed E-state index contributed by atoms with van der Waals surface area (Å²) in [5.41, 5.74) is 0.0543. The predicted molar refractivity (Wildman–Crippen MR) is 93.9 cm³/mol. The Labute approximate surface area is 148 Å². The lowest BCUT2D eigenvalue weighted by molar-refractivity contribution is -0.156. The van der Waals surface area contributed by atoms with Gasteiger partial charge >= 0.3 is 5.97 Å². The highest BCUT2D eigenvalue weighted by Gasteiger charge is 2.57. The second-order valence-corrected chi connectivity index (χ2v) is 8.63. The molecule has 0 saturated carbocycles. The molecule has 3 aliphatic rings. The lowest BCUT2D eigenvalue weighted by atomic mass is 9.92. The number of hydrogen-bond acceptors (Lipinski definition) is 6. The van der Waals surface area contributed by atoms with Crippen molar-refractivity contribution in [2.45, 2.75) is 31.2 Å². The normalized spacial score (nSPS) is 28.0. The molecule has 2 saturated heterocycles. The van der Waals surface area contributed by atoms with E-state index >= 15 is 0 Å². The summed E-state index contributed by atoms with van der Waals surface area (Å²) in [4.78, 5) is 27.8. The fraction of sp³-hybridized carbons (Fsp3) is 0.643. The number of aliphatic carboxylic acids is 1. The van der Waals surface area contributed by atoms with Gasteiger partial charge in [-0.1, -0.05) is 24.0 Å². The van der Waals surface area contributed by atoms with Crippen molar-refractivity contribution < 1.29 is 19.8 Å². The Morgan fingerprint density at radius 2 is 2.13 bits per heavy atom. The van der Waals surface area contributed by atoms with Crippen molar-refractivity contribution in [1.29, 1.82) is 0 Å². The zero-order valence-electron chi connectivity index (χ0n) is 12.6. The van der Waals surface area contributed by atoms with Gasteiger partial charge in [-0.2, -0.15) is 0 Å². The van der Waals surface area contributed by atoms with E-state index in [4.69, 9.17) is 12.2 Å². The van der Waals surface area contributed by atoms with Crippen LogP contribution in [0.4, 0.5) is 0 Å². The maximum absolute atomic E-state index is 12.1. The van der Waals surface area contributed by atoms with E-state index in [1.807, 2.05) is 0 Å².